The number of anilines is 1. The van der Waals surface area contributed by atoms with Gasteiger partial charge in [0.25, 0.3) is 0 Å². The molecule has 0 fully saturated rings. The summed E-state index contributed by atoms with van der Waals surface area (Å²) < 4.78 is 2.24. The van der Waals surface area contributed by atoms with Crippen molar-refractivity contribution in [3.63, 3.8) is 0 Å². The quantitative estimate of drug-likeness (QED) is 0.369. The summed E-state index contributed by atoms with van der Waals surface area (Å²) in [6.07, 6.45) is 6.37. The van der Waals surface area contributed by atoms with Gasteiger partial charge in [0.05, 0.1) is 6.54 Å². The van der Waals surface area contributed by atoms with Crippen LogP contribution in [0, 0.1) is 6.92 Å². The van der Waals surface area contributed by atoms with Crippen LogP contribution in [0.25, 0.3) is 0 Å². The predicted molar refractivity (Wildman–Crippen MR) is 129 cm³/mol. The summed E-state index contributed by atoms with van der Waals surface area (Å²) in [7, 11) is 0. The number of amides is 2. The minimum atomic E-state index is -0.0383. The van der Waals surface area contributed by atoms with E-state index in [0.29, 0.717) is 6.54 Å². The van der Waals surface area contributed by atoms with Gasteiger partial charge in [-0.1, -0.05) is 68.7 Å². The minimum absolute atomic E-state index is 0.0383. The standard InChI is InChI=1S/C27H35N3O/c1-4-6-7-17-30(27(31)28-25-15-13-23(5-2)14-16-25)21-26-12-9-18-29(26)20-24-11-8-10-22(3)19-24/h8-16,18-19H,4-7,17,20-21H2,1-3H3,(H,28,31). The lowest BCUT2D eigenvalue weighted by atomic mass is 10.1. The Morgan fingerprint density at radius 1 is 0.968 bits per heavy atom. The Balaban J connectivity index is 1.71. The Kier molecular flexibility index (Phi) is 8.34. The Bertz CT molecular complexity index is 959. The maximum Gasteiger partial charge on any atom is 0.322 e. The van der Waals surface area contributed by atoms with Crippen molar-refractivity contribution in [3.05, 3.63) is 89.2 Å². The van der Waals surface area contributed by atoms with Gasteiger partial charge in [0.15, 0.2) is 0 Å². The van der Waals surface area contributed by atoms with E-state index in [1.807, 2.05) is 17.0 Å². The molecule has 4 nitrogen and oxygen atoms in total. The Morgan fingerprint density at radius 2 is 1.77 bits per heavy atom. The number of hydrogen-bond donors (Lipinski definition) is 1. The van der Waals surface area contributed by atoms with Gasteiger partial charge < -0.3 is 14.8 Å². The molecule has 0 aliphatic heterocycles. The van der Waals surface area contributed by atoms with Crippen LogP contribution in [-0.2, 0) is 19.5 Å². The van der Waals surface area contributed by atoms with Crippen molar-refractivity contribution in [2.24, 2.45) is 0 Å². The number of urea groups is 1. The zero-order valence-electron chi connectivity index (χ0n) is 19.1. The summed E-state index contributed by atoms with van der Waals surface area (Å²) in [5.41, 5.74) is 5.80. The van der Waals surface area contributed by atoms with Gasteiger partial charge in [-0.15, -0.1) is 0 Å². The highest BCUT2D eigenvalue weighted by Gasteiger charge is 2.16. The zero-order valence-corrected chi connectivity index (χ0v) is 19.1. The van der Waals surface area contributed by atoms with Gasteiger partial charge in [0.1, 0.15) is 0 Å². The first-order chi connectivity index (χ1) is 15.1. The first-order valence-electron chi connectivity index (χ1n) is 11.4. The second-order valence-corrected chi connectivity index (χ2v) is 8.23. The van der Waals surface area contributed by atoms with E-state index in [9.17, 15) is 4.79 Å². The molecule has 31 heavy (non-hydrogen) atoms. The van der Waals surface area contributed by atoms with Crippen LogP contribution in [0.5, 0.6) is 0 Å². The molecule has 0 aliphatic carbocycles. The van der Waals surface area contributed by atoms with Crippen LogP contribution in [0.3, 0.4) is 0 Å². The molecule has 0 spiro atoms. The molecule has 3 rings (SSSR count). The van der Waals surface area contributed by atoms with Gasteiger partial charge in [-0.05, 0) is 55.2 Å². The Morgan fingerprint density at radius 3 is 2.48 bits per heavy atom. The van der Waals surface area contributed by atoms with E-state index in [4.69, 9.17) is 0 Å². The molecule has 1 N–H and O–H groups in total. The van der Waals surface area contributed by atoms with Crippen LogP contribution in [-0.4, -0.2) is 22.0 Å². The first kappa shape index (κ1) is 22.7. The van der Waals surface area contributed by atoms with Crippen LogP contribution < -0.4 is 5.32 Å². The van der Waals surface area contributed by atoms with Crippen molar-refractivity contribution < 1.29 is 4.79 Å². The SMILES string of the molecule is CCCCCN(Cc1cccn1Cc1cccc(C)c1)C(=O)Nc1ccc(CC)cc1. The van der Waals surface area contributed by atoms with E-state index in [1.54, 1.807) is 0 Å². The lowest BCUT2D eigenvalue weighted by molar-refractivity contribution is 0.206. The van der Waals surface area contributed by atoms with E-state index in [0.717, 1.165) is 50.2 Å². The molecular formula is C27H35N3O. The van der Waals surface area contributed by atoms with Gasteiger partial charge in [-0.25, -0.2) is 4.79 Å². The fourth-order valence-electron chi connectivity index (χ4n) is 3.78. The largest absolute Gasteiger partial charge is 0.345 e. The normalized spacial score (nSPS) is 10.8. The van der Waals surface area contributed by atoms with E-state index >= 15 is 0 Å². The molecule has 1 heterocycles. The summed E-state index contributed by atoms with van der Waals surface area (Å²) in [4.78, 5) is 15.0. The topological polar surface area (TPSA) is 37.3 Å². The number of benzene rings is 2. The molecule has 164 valence electrons. The predicted octanol–water partition coefficient (Wildman–Crippen LogP) is 6.63. The molecule has 3 aromatic rings. The van der Waals surface area contributed by atoms with Gasteiger partial charge in [-0.2, -0.15) is 0 Å². The lowest BCUT2D eigenvalue weighted by Gasteiger charge is -2.24. The maximum atomic E-state index is 13.1. The van der Waals surface area contributed by atoms with Crippen molar-refractivity contribution in [3.8, 4) is 0 Å². The zero-order chi connectivity index (χ0) is 22.1. The summed E-state index contributed by atoms with van der Waals surface area (Å²) in [6, 6.07) is 20.9. The van der Waals surface area contributed by atoms with Crippen molar-refractivity contribution in [2.75, 3.05) is 11.9 Å². The number of unbranched alkanes of at least 4 members (excludes halogenated alkanes) is 2. The van der Waals surface area contributed by atoms with Crippen molar-refractivity contribution in [2.45, 2.75) is 59.5 Å². The third-order valence-corrected chi connectivity index (χ3v) is 5.64. The second kappa shape index (κ2) is 11.4. The van der Waals surface area contributed by atoms with Crippen LogP contribution >= 0.6 is 0 Å². The Labute approximate surface area is 186 Å². The number of carbonyl (C=O) groups is 1. The van der Waals surface area contributed by atoms with Gasteiger partial charge in [0.2, 0.25) is 0 Å². The molecule has 0 saturated heterocycles. The van der Waals surface area contributed by atoms with Crippen LogP contribution in [0.15, 0.2) is 66.9 Å². The molecule has 4 heteroatoms. The van der Waals surface area contributed by atoms with Crippen LogP contribution in [0.2, 0.25) is 0 Å². The number of nitrogens with zero attached hydrogens (tertiary/aromatic N) is 2. The van der Waals surface area contributed by atoms with E-state index < -0.39 is 0 Å². The number of aromatic nitrogens is 1. The molecule has 2 amide bonds. The van der Waals surface area contributed by atoms with Gasteiger partial charge in [0, 0.05) is 30.7 Å². The molecule has 0 aliphatic rings. The van der Waals surface area contributed by atoms with Crippen LogP contribution in [0.4, 0.5) is 10.5 Å². The molecule has 0 atom stereocenters. The third-order valence-electron chi connectivity index (χ3n) is 5.64. The lowest BCUT2D eigenvalue weighted by Crippen LogP contribution is -2.36. The number of carbonyl (C=O) groups excluding carboxylic acids is 1. The van der Waals surface area contributed by atoms with Gasteiger partial charge in [-0.3, -0.25) is 0 Å². The summed E-state index contributed by atoms with van der Waals surface area (Å²) in [5, 5.41) is 3.09. The summed E-state index contributed by atoms with van der Waals surface area (Å²) >= 11 is 0. The summed E-state index contributed by atoms with van der Waals surface area (Å²) in [5.74, 6) is 0. The second-order valence-electron chi connectivity index (χ2n) is 8.23. The van der Waals surface area contributed by atoms with E-state index in [2.05, 4.69) is 85.4 Å². The maximum absolute atomic E-state index is 13.1. The highest BCUT2D eigenvalue weighted by molar-refractivity contribution is 5.89. The van der Waals surface area contributed by atoms with Crippen molar-refractivity contribution in [1.82, 2.24) is 9.47 Å². The van der Waals surface area contributed by atoms with E-state index in [1.165, 1.54) is 16.7 Å². The minimum Gasteiger partial charge on any atom is -0.345 e. The Hall–Kier alpha value is -3.01. The molecule has 0 bridgehead atoms. The molecule has 0 radical (unpaired) electrons. The van der Waals surface area contributed by atoms with Gasteiger partial charge >= 0.3 is 6.03 Å². The fraction of sp³-hybridized carbons (Fsp3) is 0.370. The number of nitrogens with one attached hydrogen (secondary N) is 1. The van der Waals surface area contributed by atoms with Crippen LogP contribution in [0.1, 0.15) is 55.5 Å². The average molecular weight is 418 g/mol. The highest BCUT2D eigenvalue weighted by atomic mass is 16.2. The molecule has 2 aromatic carbocycles. The number of hydrogen-bond acceptors (Lipinski definition) is 1. The summed E-state index contributed by atoms with van der Waals surface area (Å²) in [6.45, 7) is 8.60. The van der Waals surface area contributed by atoms with Crippen molar-refractivity contribution >= 4 is 11.7 Å². The third kappa shape index (κ3) is 6.74. The van der Waals surface area contributed by atoms with E-state index in [-0.39, 0.29) is 6.03 Å². The number of rotatable bonds is 10. The first-order valence-corrected chi connectivity index (χ1v) is 11.4. The highest BCUT2D eigenvalue weighted by Crippen LogP contribution is 2.15. The molecule has 0 saturated carbocycles. The average Bonchev–Trinajstić information content (AvgIpc) is 3.20. The molecular weight excluding hydrogens is 382 g/mol. The number of aryl methyl sites for hydroxylation is 2. The fourth-order valence-corrected chi connectivity index (χ4v) is 3.78. The monoisotopic (exact) mass is 417 g/mol. The smallest absolute Gasteiger partial charge is 0.322 e. The van der Waals surface area contributed by atoms with Crippen molar-refractivity contribution in [1.29, 1.82) is 0 Å². The molecule has 0 unspecified atom stereocenters. The molecule has 1 aromatic heterocycles.